The molecular formula is C20H33N3O2. The van der Waals surface area contributed by atoms with Gasteiger partial charge in [-0.05, 0) is 45.8 Å². The van der Waals surface area contributed by atoms with E-state index in [0.29, 0.717) is 19.5 Å². The summed E-state index contributed by atoms with van der Waals surface area (Å²) in [6.07, 6.45) is 4.56. The van der Waals surface area contributed by atoms with E-state index in [1.54, 1.807) is 11.9 Å². The molecule has 0 aliphatic heterocycles. The number of carbonyl (C=O) groups excluding carboxylic acids is 1. The topological polar surface area (TPSA) is 55.8 Å². The van der Waals surface area contributed by atoms with Crippen LogP contribution in [0.2, 0.25) is 0 Å². The summed E-state index contributed by atoms with van der Waals surface area (Å²) in [5.41, 5.74) is 1.85. The fraction of sp³-hybridized carbons (Fsp3) is 0.650. The minimum atomic E-state index is -0.567. The average Bonchev–Trinajstić information content (AvgIpc) is 2.99. The van der Waals surface area contributed by atoms with Crippen LogP contribution in [0.4, 0.5) is 4.79 Å². The molecule has 0 heterocycles. The second kappa shape index (κ2) is 8.68. The van der Waals surface area contributed by atoms with Gasteiger partial charge in [0.05, 0.1) is 11.6 Å². The van der Waals surface area contributed by atoms with Crippen LogP contribution in [-0.2, 0) is 0 Å². The molecule has 1 aliphatic carbocycles. The molecule has 0 aromatic heterocycles. The Morgan fingerprint density at radius 1 is 1.28 bits per heavy atom. The number of aryl methyl sites for hydroxylation is 1. The number of benzene rings is 1. The van der Waals surface area contributed by atoms with Crippen LogP contribution in [0.25, 0.3) is 0 Å². The van der Waals surface area contributed by atoms with Gasteiger partial charge in [-0.25, -0.2) is 4.79 Å². The van der Waals surface area contributed by atoms with Crippen molar-refractivity contribution in [3.63, 3.8) is 0 Å². The molecule has 1 aliphatic rings. The van der Waals surface area contributed by atoms with Crippen molar-refractivity contribution < 1.29 is 9.90 Å². The monoisotopic (exact) mass is 347 g/mol. The van der Waals surface area contributed by atoms with Gasteiger partial charge in [-0.1, -0.05) is 42.7 Å². The largest absolute Gasteiger partial charge is 0.390 e. The molecule has 25 heavy (non-hydrogen) atoms. The molecule has 5 nitrogen and oxygen atoms in total. The molecule has 1 unspecified atom stereocenters. The Kier molecular flexibility index (Phi) is 6.85. The zero-order valence-corrected chi connectivity index (χ0v) is 16.1. The van der Waals surface area contributed by atoms with Gasteiger partial charge in [0.25, 0.3) is 0 Å². The summed E-state index contributed by atoms with van der Waals surface area (Å²) in [4.78, 5) is 16.2. The summed E-state index contributed by atoms with van der Waals surface area (Å²) in [6, 6.07) is 8.45. The highest BCUT2D eigenvalue weighted by Gasteiger charge is 2.31. The lowest BCUT2D eigenvalue weighted by atomic mass is 9.98. The third kappa shape index (κ3) is 5.72. The van der Waals surface area contributed by atoms with E-state index in [-0.39, 0.29) is 12.1 Å². The van der Waals surface area contributed by atoms with Gasteiger partial charge in [0.2, 0.25) is 0 Å². The molecule has 1 aromatic rings. The summed E-state index contributed by atoms with van der Waals surface area (Å²) in [5, 5.41) is 13.5. The maximum Gasteiger partial charge on any atom is 0.317 e. The van der Waals surface area contributed by atoms with Gasteiger partial charge in [-0.15, -0.1) is 0 Å². The van der Waals surface area contributed by atoms with E-state index in [0.717, 1.165) is 25.7 Å². The fourth-order valence-corrected chi connectivity index (χ4v) is 3.56. The van der Waals surface area contributed by atoms with Crippen molar-refractivity contribution >= 4 is 6.03 Å². The third-order valence-corrected chi connectivity index (χ3v) is 5.29. The van der Waals surface area contributed by atoms with E-state index in [9.17, 15) is 9.90 Å². The lowest BCUT2D eigenvalue weighted by Gasteiger charge is -2.28. The molecule has 1 saturated carbocycles. The minimum absolute atomic E-state index is 0.0823. The van der Waals surface area contributed by atoms with Gasteiger partial charge < -0.3 is 20.2 Å². The third-order valence-electron chi connectivity index (χ3n) is 5.29. The van der Waals surface area contributed by atoms with Gasteiger partial charge in [0.15, 0.2) is 0 Å². The standard InChI is InChI=1S/C20H33N3O2/c1-16-8-7-9-17(14-16)18(22(2)3)15-21-19(24)23(4)13-12-20(25)10-5-6-11-20/h7-9,14,18,25H,5-6,10-13,15H2,1-4H3,(H,21,24). The Hall–Kier alpha value is -1.59. The number of hydrogen-bond donors (Lipinski definition) is 2. The maximum atomic E-state index is 12.4. The zero-order chi connectivity index (χ0) is 18.4. The van der Waals surface area contributed by atoms with E-state index in [4.69, 9.17) is 0 Å². The number of urea groups is 1. The first kappa shape index (κ1) is 19.7. The van der Waals surface area contributed by atoms with Crippen LogP contribution in [-0.4, -0.2) is 60.8 Å². The highest BCUT2D eigenvalue weighted by molar-refractivity contribution is 5.73. The van der Waals surface area contributed by atoms with E-state index in [2.05, 4.69) is 41.4 Å². The van der Waals surface area contributed by atoms with E-state index in [1.807, 2.05) is 14.1 Å². The predicted octanol–water partition coefficient (Wildman–Crippen LogP) is 2.93. The highest BCUT2D eigenvalue weighted by atomic mass is 16.3. The molecule has 2 N–H and O–H groups in total. The van der Waals surface area contributed by atoms with Crippen LogP contribution in [0.5, 0.6) is 0 Å². The molecule has 1 aromatic carbocycles. The number of aliphatic hydroxyl groups is 1. The summed E-state index contributed by atoms with van der Waals surface area (Å²) in [6.45, 7) is 3.22. The van der Waals surface area contributed by atoms with Crippen LogP contribution in [0, 0.1) is 6.92 Å². The highest BCUT2D eigenvalue weighted by Crippen LogP contribution is 2.32. The lowest BCUT2D eigenvalue weighted by molar-refractivity contribution is 0.0330. The summed E-state index contributed by atoms with van der Waals surface area (Å²) in [7, 11) is 5.85. The second-order valence-electron chi connectivity index (χ2n) is 7.68. The molecule has 1 fully saturated rings. The quantitative estimate of drug-likeness (QED) is 0.797. The van der Waals surface area contributed by atoms with Crippen molar-refractivity contribution in [1.82, 2.24) is 15.1 Å². The number of nitrogens with one attached hydrogen (secondary N) is 1. The average molecular weight is 348 g/mol. The van der Waals surface area contributed by atoms with Crippen molar-refractivity contribution in [1.29, 1.82) is 0 Å². The lowest BCUT2D eigenvalue weighted by Crippen LogP contribution is -2.43. The second-order valence-corrected chi connectivity index (χ2v) is 7.68. The summed E-state index contributed by atoms with van der Waals surface area (Å²) < 4.78 is 0. The summed E-state index contributed by atoms with van der Waals surface area (Å²) >= 11 is 0. The van der Waals surface area contributed by atoms with Gasteiger partial charge in [-0.3, -0.25) is 0 Å². The molecular weight excluding hydrogens is 314 g/mol. The molecule has 2 rings (SSSR count). The van der Waals surface area contributed by atoms with Crippen molar-refractivity contribution in [3.05, 3.63) is 35.4 Å². The molecule has 0 saturated heterocycles. The smallest absolute Gasteiger partial charge is 0.317 e. The van der Waals surface area contributed by atoms with Crippen molar-refractivity contribution in [2.24, 2.45) is 0 Å². The van der Waals surface area contributed by atoms with E-state index >= 15 is 0 Å². The number of hydrogen-bond acceptors (Lipinski definition) is 3. The van der Waals surface area contributed by atoms with Crippen molar-refractivity contribution in [2.45, 2.75) is 50.7 Å². The van der Waals surface area contributed by atoms with Gasteiger partial charge in [0.1, 0.15) is 0 Å². The van der Waals surface area contributed by atoms with E-state index < -0.39 is 5.60 Å². The van der Waals surface area contributed by atoms with Gasteiger partial charge in [-0.2, -0.15) is 0 Å². The molecule has 5 heteroatoms. The van der Waals surface area contributed by atoms with Gasteiger partial charge in [0, 0.05) is 20.1 Å². The zero-order valence-electron chi connectivity index (χ0n) is 16.1. The van der Waals surface area contributed by atoms with Crippen molar-refractivity contribution in [3.8, 4) is 0 Å². The first-order valence-corrected chi connectivity index (χ1v) is 9.25. The maximum absolute atomic E-state index is 12.4. The van der Waals surface area contributed by atoms with Gasteiger partial charge >= 0.3 is 6.03 Å². The fourth-order valence-electron chi connectivity index (χ4n) is 3.56. The van der Waals surface area contributed by atoms with Crippen molar-refractivity contribution in [2.75, 3.05) is 34.2 Å². The Bertz CT molecular complexity index is 568. The van der Waals surface area contributed by atoms with Crippen LogP contribution in [0.1, 0.15) is 49.3 Å². The number of rotatable bonds is 7. The van der Waals surface area contributed by atoms with Crippen LogP contribution in [0.15, 0.2) is 24.3 Å². The van der Waals surface area contributed by atoms with Crippen LogP contribution < -0.4 is 5.32 Å². The SMILES string of the molecule is Cc1cccc(C(CNC(=O)N(C)CCC2(O)CCCC2)N(C)C)c1. The number of carbonyl (C=O) groups is 1. The number of nitrogens with zero attached hydrogens (tertiary/aromatic N) is 2. The van der Waals surface area contributed by atoms with Crippen LogP contribution in [0.3, 0.4) is 0 Å². The Balaban J connectivity index is 1.85. The molecule has 0 bridgehead atoms. The minimum Gasteiger partial charge on any atom is -0.390 e. The Morgan fingerprint density at radius 2 is 1.96 bits per heavy atom. The first-order chi connectivity index (χ1) is 11.8. The Morgan fingerprint density at radius 3 is 2.56 bits per heavy atom. The Labute approximate surface area is 152 Å². The molecule has 0 spiro atoms. The number of likely N-dealkylation sites (N-methyl/N-ethyl adjacent to an activating group) is 1. The normalized spacial score (nSPS) is 17.5. The molecule has 0 radical (unpaired) electrons. The molecule has 1 atom stereocenters. The molecule has 140 valence electrons. The molecule has 2 amide bonds. The predicted molar refractivity (Wildman–Crippen MR) is 102 cm³/mol. The summed E-state index contributed by atoms with van der Waals surface area (Å²) in [5.74, 6) is 0. The van der Waals surface area contributed by atoms with Crippen LogP contribution >= 0.6 is 0 Å². The first-order valence-electron chi connectivity index (χ1n) is 9.25. The van der Waals surface area contributed by atoms with E-state index in [1.165, 1.54) is 11.1 Å². The number of amides is 2.